The SMILES string of the molecule is CCOCC(=O)N1CCC(SC)(C(N)=S)CC1. The molecule has 2 N–H and O–H groups in total. The van der Waals surface area contributed by atoms with Crippen LogP contribution in [0.1, 0.15) is 19.8 Å². The molecule has 6 heteroatoms. The third-order valence-corrected chi connectivity index (χ3v) is 5.12. The number of likely N-dealkylation sites (tertiary alicyclic amines) is 1. The van der Waals surface area contributed by atoms with Gasteiger partial charge in [0.25, 0.3) is 0 Å². The lowest BCUT2D eigenvalue weighted by Crippen LogP contribution is -2.51. The molecule has 0 aromatic heterocycles. The summed E-state index contributed by atoms with van der Waals surface area (Å²) in [6.07, 6.45) is 3.69. The maximum atomic E-state index is 11.8. The zero-order valence-corrected chi connectivity index (χ0v) is 12.0. The molecule has 1 aliphatic rings. The summed E-state index contributed by atoms with van der Waals surface area (Å²) in [7, 11) is 0. The van der Waals surface area contributed by atoms with Gasteiger partial charge in [-0.2, -0.15) is 11.8 Å². The van der Waals surface area contributed by atoms with Gasteiger partial charge in [0.2, 0.25) is 5.91 Å². The van der Waals surface area contributed by atoms with Crippen molar-refractivity contribution < 1.29 is 9.53 Å². The maximum absolute atomic E-state index is 11.8. The van der Waals surface area contributed by atoms with E-state index in [-0.39, 0.29) is 17.3 Å². The van der Waals surface area contributed by atoms with Gasteiger partial charge in [0, 0.05) is 19.7 Å². The molecule has 98 valence electrons. The molecule has 1 fully saturated rings. The van der Waals surface area contributed by atoms with Gasteiger partial charge >= 0.3 is 0 Å². The van der Waals surface area contributed by atoms with E-state index in [1.807, 2.05) is 18.1 Å². The molecule has 0 atom stereocenters. The number of thioether (sulfide) groups is 1. The van der Waals surface area contributed by atoms with E-state index in [0.29, 0.717) is 24.7 Å². The topological polar surface area (TPSA) is 55.6 Å². The van der Waals surface area contributed by atoms with E-state index in [2.05, 4.69) is 0 Å². The van der Waals surface area contributed by atoms with Gasteiger partial charge in [-0.05, 0) is 26.0 Å². The molecule has 0 aromatic carbocycles. The second-order valence-corrected chi connectivity index (χ2v) is 5.71. The fraction of sp³-hybridized carbons (Fsp3) is 0.818. The third kappa shape index (κ3) is 3.56. The Hall–Kier alpha value is -0.330. The minimum atomic E-state index is -0.127. The van der Waals surface area contributed by atoms with E-state index in [1.165, 1.54) is 0 Å². The number of nitrogens with two attached hydrogens (primary N) is 1. The molecule has 0 aliphatic carbocycles. The second kappa shape index (κ2) is 6.56. The number of thiocarbonyl (C=S) groups is 1. The molecule has 1 rings (SSSR count). The standard InChI is InChI=1S/C11H20N2O2S2/c1-3-15-8-9(14)13-6-4-11(17-2,5-7-13)10(12)16/h3-8H2,1-2H3,(H2,12,16). The number of hydrogen-bond acceptors (Lipinski definition) is 4. The maximum Gasteiger partial charge on any atom is 0.248 e. The highest BCUT2D eigenvalue weighted by molar-refractivity contribution is 8.02. The lowest BCUT2D eigenvalue weighted by Gasteiger charge is -2.40. The molecule has 1 aliphatic heterocycles. The Balaban J connectivity index is 2.49. The zero-order valence-electron chi connectivity index (χ0n) is 10.4. The van der Waals surface area contributed by atoms with Crippen LogP contribution in [0.15, 0.2) is 0 Å². The van der Waals surface area contributed by atoms with Gasteiger partial charge in [-0.1, -0.05) is 12.2 Å². The average Bonchev–Trinajstić information content (AvgIpc) is 2.35. The van der Waals surface area contributed by atoms with E-state index < -0.39 is 0 Å². The first-order valence-corrected chi connectivity index (χ1v) is 7.39. The summed E-state index contributed by atoms with van der Waals surface area (Å²) in [6, 6.07) is 0. The van der Waals surface area contributed by atoms with Crippen LogP contribution in [0.5, 0.6) is 0 Å². The smallest absolute Gasteiger partial charge is 0.248 e. The van der Waals surface area contributed by atoms with Crippen LogP contribution in [0.4, 0.5) is 0 Å². The number of carbonyl (C=O) groups is 1. The van der Waals surface area contributed by atoms with Crippen molar-refractivity contribution in [3.8, 4) is 0 Å². The molecule has 17 heavy (non-hydrogen) atoms. The van der Waals surface area contributed by atoms with Crippen molar-refractivity contribution in [2.24, 2.45) is 5.73 Å². The first-order valence-electron chi connectivity index (χ1n) is 5.76. The lowest BCUT2D eigenvalue weighted by molar-refractivity contribution is -0.136. The van der Waals surface area contributed by atoms with E-state index in [0.717, 1.165) is 12.8 Å². The van der Waals surface area contributed by atoms with Crippen molar-refractivity contribution in [1.82, 2.24) is 4.90 Å². The normalized spacial score (nSPS) is 19.1. The van der Waals surface area contributed by atoms with Gasteiger partial charge in [0.05, 0.1) is 9.74 Å². The average molecular weight is 276 g/mol. The van der Waals surface area contributed by atoms with Crippen LogP contribution in [0, 0.1) is 0 Å². The molecule has 0 saturated carbocycles. The summed E-state index contributed by atoms with van der Waals surface area (Å²) in [6.45, 7) is 4.06. The van der Waals surface area contributed by atoms with Gasteiger partial charge in [0.1, 0.15) is 6.61 Å². The number of carbonyl (C=O) groups excluding carboxylic acids is 1. The first-order chi connectivity index (χ1) is 8.05. The minimum absolute atomic E-state index is 0.0597. The Morgan fingerprint density at radius 2 is 2.12 bits per heavy atom. The fourth-order valence-electron chi connectivity index (χ4n) is 1.95. The lowest BCUT2D eigenvalue weighted by atomic mass is 9.95. The summed E-state index contributed by atoms with van der Waals surface area (Å²) in [5.41, 5.74) is 5.80. The van der Waals surface area contributed by atoms with E-state index >= 15 is 0 Å². The summed E-state index contributed by atoms with van der Waals surface area (Å²) in [5, 5.41) is 0. The van der Waals surface area contributed by atoms with Crippen LogP contribution in [-0.2, 0) is 9.53 Å². The molecular formula is C11H20N2O2S2. The fourth-order valence-corrected chi connectivity index (χ4v) is 3.20. The molecule has 1 amide bonds. The number of piperidine rings is 1. The molecular weight excluding hydrogens is 256 g/mol. The molecule has 0 aromatic rings. The van der Waals surface area contributed by atoms with Crippen molar-refractivity contribution >= 4 is 34.9 Å². The molecule has 0 radical (unpaired) electrons. The molecule has 0 bridgehead atoms. The zero-order chi connectivity index (χ0) is 12.9. The van der Waals surface area contributed by atoms with Crippen LogP contribution in [-0.4, -0.2) is 53.1 Å². The van der Waals surface area contributed by atoms with Gasteiger partial charge in [-0.15, -0.1) is 0 Å². The minimum Gasteiger partial charge on any atom is -0.392 e. The monoisotopic (exact) mass is 276 g/mol. The van der Waals surface area contributed by atoms with E-state index in [1.54, 1.807) is 11.8 Å². The Morgan fingerprint density at radius 1 is 1.53 bits per heavy atom. The van der Waals surface area contributed by atoms with Crippen LogP contribution >= 0.6 is 24.0 Å². The van der Waals surface area contributed by atoms with Crippen LogP contribution in [0.2, 0.25) is 0 Å². The highest BCUT2D eigenvalue weighted by Gasteiger charge is 2.37. The Kier molecular flexibility index (Phi) is 5.69. The predicted octanol–water partition coefficient (Wildman–Crippen LogP) is 1.03. The number of hydrogen-bond donors (Lipinski definition) is 1. The Bertz CT molecular complexity index is 289. The van der Waals surface area contributed by atoms with Gasteiger partial charge in [0.15, 0.2) is 0 Å². The number of amides is 1. The molecule has 1 heterocycles. The molecule has 1 saturated heterocycles. The number of ether oxygens (including phenoxy) is 1. The van der Waals surface area contributed by atoms with Crippen molar-refractivity contribution in [1.29, 1.82) is 0 Å². The van der Waals surface area contributed by atoms with Crippen molar-refractivity contribution in [3.05, 3.63) is 0 Å². The Labute approximate surface area is 112 Å². The van der Waals surface area contributed by atoms with Crippen LogP contribution in [0.25, 0.3) is 0 Å². The van der Waals surface area contributed by atoms with Crippen molar-refractivity contribution in [2.75, 3.05) is 32.6 Å². The van der Waals surface area contributed by atoms with Gasteiger partial charge in [-0.3, -0.25) is 4.79 Å². The summed E-state index contributed by atoms with van der Waals surface area (Å²) in [4.78, 5) is 14.1. The highest BCUT2D eigenvalue weighted by Crippen LogP contribution is 2.34. The second-order valence-electron chi connectivity index (χ2n) is 4.08. The van der Waals surface area contributed by atoms with Gasteiger partial charge < -0.3 is 15.4 Å². The predicted molar refractivity (Wildman–Crippen MR) is 75.3 cm³/mol. The highest BCUT2D eigenvalue weighted by atomic mass is 32.2. The quantitative estimate of drug-likeness (QED) is 0.760. The van der Waals surface area contributed by atoms with Crippen LogP contribution in [0.3, 0.4) is 0 Å². The first kappa shape index (κ1) is 14.7. The molecule has 0 spiro atoms. The number of rotatable bonds is 5. The summed E-state index contributed by atoms with van der Waals surface area (Å²) < 4.78 is 5.00. The van der Waals surface area contributed by atoms with Crippen molar-refractivity contribution in [3.63, 3.8) is 0 Å². The van der Waals surface area contributed by atoms with Gasteiger partial charge in [-0.25, -0.2) is 0 Å². The summed E-state index contributed by atoms with van der Waals surface area (Å²) >= 11 is 6.83. The van der Waals surface area contributed by atoms with Crippen LogP contribution < -0.4 is 5.73 Å². The molecule has 0 unspecified atom stereocenters. The molecule has 4 nitrogen and oxygen atoms in total. The summed E-state index contributed by atoms with van der Waals surface area (Å²) in [5.74, 6) is 0.0597. The van der Waals surface area contributed by atoms with E-state index in [4.69, 9.17) is 22.7 Å². The Morgan fingerprint density at radius 3 is 2.53 bits per heavy atom. The largest absolute Gasteiger partial charge is 0.392 e. The third-order valence-electron chi connectivity index (χ3n) is 3.19. The number of nitrogens with zero attached hydrogens (tertiary/aromatic N) is 1. The van der Waals surface area contributed by atoms with Crippen molar-refractivity contribution in [2.45, 2.75) is 24.5 Å². The van der Waals surface area contributed by atoms with E-state index in [9.17, 15) is 4.79 Å².